The topological polar surface area (TPSA) is 35.1 Å². The van der Waals surface area contributed by atoms with E-state index in [9.17, 15) is 0 Å². The second-order valence-corrected chi connectivity index (χ2v) is 5.59. The summed E-state index contributed by atoms with van der Waals surface area (Å²) in [6.07, 6.45) is 2.31. The average molecular weight is 284 g/mol. The first-order valence-corrected chi connectivity index (χ1v) is 7.57. The molecule has 2 aromatic carbocycles. The summed E-state index contributed by atoms with van der Waals surface area (Å²) in [5.74, 6) is 1.79. The molecule has 0 bridgehead atoms. The van der Waals surface area contributed by atoms with Gasteiger partial charge in [-0.15, -0.1) is 0 Å². The second-order valence-electron chi connectivity index (χ2n) is 5.59. The highest BCUT2D eigenvalue weighted by Gasteiger charge is 2.18. The number of benzene rings is 2. The molecule has 1 aliphatic rings. The predicted molar refractivity (Wildman–Crippen MR) is 82.4 cm³/mol. The van der Waals surface area contributed by atoms with Crippen LogP contribution >= 0.6 is 0 Å². The van der Waals surface area contributed by atoms with Gasteiger partial charge in [-0.25, -0.2) is 0 Å². The molecule has 0 radical (unpaired) electrons. The predicted octanol–water partition coefficient (Wildman–Crippen LogP) is 2.50. The maximum Gasteiger partial charge on any atom is 0.231 e. The largest absolute Gasteiger partial charge is 0.454 e. The van der Waals surface area contributed by atoms with Gasteiger partial charge in [-0.1, -0.05) is 36.4 Å². The van der Waals surface area contributed by atoms with Crippen molar-refractivity contribution in [1.82, 2.24) is 0 Å². The number of aryl methyl sites for hydroxylation is 1. The van der Waals surface area contributed by atoms with E-state index in [0.717, 1.165) is 24.5 Å². The third-order valence-electron chi connectivity index (χ3n) is 3.95. The Labute approximate surface area is 125 Å². The van der Waals surface area contributed by atoms with E-state index < -0.39 is 0 Å². The molecule has 21 heavy (non-hydrogen) atoms. The normalized spacial score (nSPS) is 14.1. The Balaban J connectivity index is 1.50. The lowest BCUT2D eigenvalue weighted by Crippen LogP contribution is -2.87. The molecule has 0 unspecified atom stereocenters. The van der Waals surface area contributed by atoms with Crippen LogP contribution in [0.4, 0.5) is 0 Å². The standard InChI is InChI=1S/C18H21NO2/c1-14(10-11-15-6-3-2-4-7-15)19-12-16-8-5-9-17-18(16)21-13-20-17/h2-9,14,19H,10-13H2,1H3/p+1/t14-/m1/s1. The molecular weight excluding hydrogens is 262 g/mol. The van der Waals surface area contributed by atoms with Crippen LogP contribution in [0.5, 0.6) is 11.5 Å². The van der Waals surface area contributed by atoms with Crippen molar-refractivity contribution in [2.45, 2.75) is 32.4 Å². The Bertz CT molecular complexity index is 583. The number of hydrogen-bond acceptors (Lipinski definition) is 2. The van der Waals surface area contributed by atoms with Gasteiger partial charge in [-0.3, -0.25) is 0 Å². The molecule has 1 heterocycles. The van der Waals surface area contributed by atoms with Crippen LogP contribution in [0.25, 0.3) is 0 Å². The van der Waals surface area contributed by atoms with Crippen LogP contribution in [-0.4, -0.2) is 12.8 Å². The lowest BCUT2D eigenvalue weighted by Gasteiger charge is -2.12. The van der Waals surface area contributed by atoms with Gasteiger partial charge in [-0.2, -0.15) is 0 Å². The molecule has 3 nitrogen and oxygen atoms in total. The first-order valence-electron chi connectivity index (χ1n) is 7.57. The minimum Gasteiger partial charge on any atom is -0.454 e. The van der Waals surface area contributed by atoms with E-state index >= 15 is 0 Å². The maximum atomic E-state index is 5.55. The van der Waals surface area contributed by atoms with Gasteiger partial charge >= 0.3 is 0 Å². The van der Waals surface area contributed by atoms with Crippen LogP contribution in [-0.2, 0) is 13.0 Å². The van der Waals surface area contributed by atoms with Crippen LogP contribution in [0.2, 0.25) is 0 Å². The summed E-state index contributed by atoms with van der Waals surface area (Å²) in [6, 6.07) is 17.4. The van der Waals surface area contributed by atoms with Crippen molar-refractivity contribution < 1.29 is 14.8 Å². The highest BCUT2D eigenvalue weighted by Crippen LogP contribution is 2.34. The fraction of sp³-hybridized carbons (Fsp3) is 0.333. The number of hydrogen-bond donors (Lipinski definition) is 1. The molecule has 3 rings (SSSR count). The highest BCUT2D eigenvalue weighted by atomic mass is 16.7. The zero-order valence-corrected chi connectivity index (χ0v) is 12.4. The number of quaternary nitrogens is 1. The lowest BCUT2D eigenvalue weighted by atomic mass is 10.1. The van der Waals surface area contributed by atoms with Crippen LogP contribution in [0.15, 0.2) is 48.5 Å². The third kappa shape index (κ3) is 3.56. The monoisotopic (exact) mass is 284 g/mol. The van der Waals surface area contributed by atoms with Gasteiger partial charge in [0, 0.05) is 6.42 Å². The molecule has 0 amide bonds. The summed E-state index contributed by atoms with van der Waals surface area (Å²) < 4.78 is 11.0. The molecule has 0 aliphatic carbocycles. The van der Waals surface area contributed by atoms with Crippen LogP contribution < -0.4 is 14.8 Å². The minimum atomic E-state index is 0.343. The Morgan fingerprint density at radius 3 is 2.76 bits per heavy atom. The van der Waals surface area contributed by atoms with E-state index in [1.165, 1.54) is 17.5 Å². The Hall–Kier alpha value is -2.00. The number of para-hydroxylation sites is 1. The van der Waals surface area contributed by atoms with Gasteiger partial charge in [-0.05, 0) is 31.0 Å². The molecule has 3 heteroatoms. The smallest absolute Gasteiger partial charge is 0.231 e. The minimum absolute atomic E-state index is 0.343. The zero-order chi connectivity index (χ0) is 14.5. The molecule has 1 atom stereocenters. The van der Waals surface area contributed by atoms with E-state index in [4.69, 9.17) is 9.47 Å². The number of rotatable bonds is 6. The lowest BCUT2D eigenvalue weighted by molar-refractivity contribution is -0.701. The van der Waals surface area contributed by atoms with E-state index in [0.29, 0.717) is 12.8 Å². The van der Waals surface area contributed by atoms with Crippen molar-refractivity contribution in [3.05, 3.63) is 59.7 Å². The first kappa shape index (κ1) is 14.0. The van der Waals surface area contributed by atoms with Crippen molar-refractivity contribution in [2.75, 3.05) is 6.79 Å². The molecule has 0 spiro atoms. The summed E-state index contributed by atoms with van der Waals surface area (Å²) in [5.41, 5.74) is 2.63. The molecule has 2 N–H and O–H groups in total. The SMILES string of the molecule is C[C@H](CCc1ccccc1)[NH2+]Cc1cccc2c1OCO2. The summed E-state index contributed by atoms with van der Waals surface area (Å²) in [5, 5.41) is 2.38. The van der Waals surface area contributed by atoms with Gasteiger partial charge in [0.1, 0.15) is 6.54 Å². The quantitative estimate of drug-likeness (QED) is 0.884. The van der Waals surface area contributed by atoms with Crippen molar-refractivity contribution in [2.24, 2.45) is 0 Å². The highest BCUT2D eigenvalue weighted by molar-refractivity contribution is 5.47. The molecule has 110 valence electrons. The first-order chi connectivity index (χ1) is 10.3. The molecule has 0 saturated heterocycles. The molecule has 1 aliphatic heterocycles. The van der Waals surface area contributed by atoms with Gasteiger partial charge < -0.3 is 14.8 Å². The van der Waals surface area contributed by atoms with Crippen molar-refractivity contribution in [1.29, 1.82) is 0 Å². The van der Waals surface area contributed by atoms with Crippen molar-refractivity contribution in [3.8, 4) is 11.5 Å². The second kappa shape index (κ2) is 6.64. The number of fused-ring (bicyclic) bond motifs is 1. The summed E-state index contributed by atoms with van der Waals surface area (Å²) in [4.78, 5) is 0. The van der Waals surface area contributed by atoms with Gasteiger partial charge in [0.05, 0.1) is 11.6 Å². The molecule has 0 saturated carbocycles. The van der Waals surface area contributed by atoms with Gasteiger partial charge in [0.25, 0.3) is 0 Å². The van der Waals surface area contributed by atoms with Crippen LogP contribution in [0.3, 0.4) is 0 Å². The number of nitrogens with two attached hydrogens (primary N) is 1. The average Bonchev–Trinajstić information content (AvgIpc) is 3.01. The summed E-state index contributed by atoms with van der Waals surface area (Å²) in [6.45, 7) is 3.56. The third-order valence-corrected chi connectivity index (χ3v) is 3.95. The van der Waals surface area contributed by atoms with E-state index in [-0.39, 0.29) is 0 Å². The zero-order valence-electron chi connectivity index (χ0n) is 12.4. The maximum absolute atomic E-state index is 5.55. The van der Waals surface area contributed by atoms with Crippen molar-refractivity contribution in [3.63, 3.8) is 0 Å². The van der Waals surface area contributed by atoms with Crippen LogP contribution in [0.1, 0.15) is 24.5 Å². The number of ether oxygens (including phenoxy) is 2. The fourth-order valence-electron chi connectivity index (χ4n) is 2.64. The Morgan fingerprint density at radius 2 is 1.90 bits per heavy atom. The van der Waals surface area contributed by atoms with E-state index in [2.05, 4.69) is 48.6 Å². The molecule has 2 aromatic rings. The van der Waals surface area contributed by atoms with Crippen LogP contribution in [0, 0.1) is 0 Å². The Kier molecular flexibility index (Phi) is 4.41. The van der Waals surface area contributed by atoms with Gasteiger partial charge in [0.2, 0.25) is 6.79 Å². The summed E-state index contributed by atoms with van der Waals surface area (Å²) in [7, 11) is 0. The molecule has 0 aromatic heterocycles. The summed E-state index contributed by atoms with van der Waals surface area (Å²) >= 11 is 0. The fourth-order valence-corrected chi connectivity index (χ4v) is 2.64. The van der Waals surface area contributed by atoms with Crippen molar-refractivity contribution >= 4 is 0 Å². The van der Waals surface area contributed by atoms with Gasteiger partial charge in [0.15, 0.2) is 11.5 Å². The van der Waals surface area contributed by atoms with E-state index in [1.807, 2.05) is 12.1 Å². The van der Waals surface area contributed by atoms with E-state index in [1.54, 1.807) is 0 Å². The Morgan fingerprint density at radius 1 is 1.05 bits per heavy atom. The molecule has 0 fully saturated rings. The molecular formula is C18H22NO2+.